The highest BCUT2D eigenvalue weighted by Gasteiger charge is 2.46. The molecule has 17 heavy (non-hydrogen) atoms. The molecule has 6 heteroatoms. The van der Waals surface area contributed by atoms with Gasteiger partial charge in [0.25, 0.3) is 0 Å². The Balaban J connectivity index is 2.76. The van der Waals surface area contributed by atoms with Crippen LogP contribution in [0.4, 0.5) is 0 Å². The molecule has 0 aromatic heterocycles. The van der Waals surface area contributed by atoms with Gasteiger partial charge in [0.05, 0.1) is 6.10 Å². The molecular weight excluding hydrogens is 244 g/mol. The molecule has 1 heterocycles. The molecule has 0 spiro atoms. The molecule has 0 bridgehead atoms. The van der Waals surface area contributed by atoms with Crippen LogP contribution in [0.25, 0.3) is 0 Å². The molecule has 5 nitrogen and oxygen atoms in total. The van der Waals surface area contributed by atoms with Gasteiger partial charge < -0.3 is 14.2 Å². The summed E-state index contributed by atoms with van der Waals surface area (Å²) in [6, 6.07) is 0. The van der Waals surface area contributed by atoms with E-state index in [1.165, 1.54) is 25.6 Å². The summed E-state index contributed by atoms with van der Waals surface area (Å²) in [7, 11) is 0. The molecule has 0 aliphatic carbocycles. The van der Waals surface area contributed by atoms with Crippen LogP contribution in [0.3, 0.4) is 0 Å². The summed E-state index contributed by atoms with van der Waals surface area (Å²) in [5.74, 6) is 0.0402. The number of hydrogen-bond donors (Lipinski definition) is 0. The van der Waals surface area contributed by atoms with Crippen molar-refractivity contribution in [3.63, 3.8) is 0 Å². The third-order valence-electron chi connectivity index (χ3n) is 2.34. The highest BCUT2D eigenvalue weighted by molar-refractivity contribution is 7.99. The van der Waals surface area contributed by atoms with Gasteiger partial charge in [0.15, 0.2) is 12.2 Å². The molecule has 0 amide bonds. The lowest BCUT2D eigenvalue weighted by Gasteiger charge is -2.22. The van der Waals surface area contributed by atoms with Crippen molar-refractivity contribution >= 4 is 23.7 Å². The average molecular weight is 262 g/mol. The van der Waals surface area contributed by atoms with E-state index in [-0.39, 0.29) is 11.5 Å². The quantitative estimate of drug-likeness (QED) is 0.713. The summed E-state index contributed by atoms with van der Waals surface area (Å²) in [6.07, 6.45) is -1.33. The van der Waals surface area contributed by atoms with E-state index in [4.69, 9.17) is 14.2 Å². The predicted octanol–water partition coefficient (Wildman–Crippen LogP) is 1.35. The Morgan fingerprint density at radius 3 is 2.18 bits per heavy atom. The normalized spacial score (nSPS) is 32.2. The molecule has 1 saturated heterocycles. The molecule has 1 fully saturated rings. The zero-order valence-electron chi connectivity index (χ0n) is 10.5. The van der Waals surface area contributed by atoms with E-state index in [0.717, 1.165) is 5.75 Å². The van der Waals surface area contributed by atoms with E-state index in [9.17, 15) is 9.59 Å². The topological polar surface area (TPSA) is 61.8 Å². The summed E-state index contributed by atoms with van der Waals surface area (Å²) in [6.45, 7) is 6.46. The predicted molar refractivity (Wildman–Crippen MR) is 63.6 cm³/mol. The minimum atomic E-state index is -0.531. The van der Waals surface area contributed by atoms with Crippen molar-refractivity contribution in [2.45, 2.75) is 51.4 Å². The lowest BCUT2D eigenvalue weighted by atomic mass is 10.1. The monoisotopic (exact) mass is 262 g/mol. The Morgan fingerprint density at radius 2 is 1.71 bits per heavy atom. The molecule has 1 aliphatic rings. The smallest absolute Gasteiger partial charge is 0.303 e. The van der Waals surface area contributed by atoms with Crippen LogP contribution in [0.5, 0.6) is 0 Å². The Labute approximate surface area is 105 Å². The maximum absolute atomic E-state index is 11.1. The van der Waals surface area contributed by atoms with Crippen LogP contribution in [0.1, 0.15) is 27.7 Å². The van der Waals surface area contributed by atoms with Gasteiger partial charge in [-0.2, -0.15) is 0 Å². The molecule has 1 rings (SSSR count). The first kappa shape index (κ1) is 14.3. The van der Waals surface area contributed by atoms with Crippen molar-refractivity contribution in [1.29, 1.82) is 0 Å². The lowest BCUT2D eigenvalue weighted by Crippen LogP contribution is -2.38. The lowest BCUT2D eigenvalue weighted by molar-refractivity contribution is -0.162. The second-order valence-corrected chi connectivity index (χ2v) is 5.19. The van der Waals surface area contributed by atoms with Crippen LogP contribution >= 0.6 is 11.8 Å². The molecule has 0 N–H and O–H groups in total. The van der Waals surface area contributed by atoms with Gasteiger partial charge in [0, 0.05) is 13.8 Å². The average Bonchev–Trinajstić information content (AvgIpc) is 2.45. The zero-order valence-corrected chi connectivity index (χ0v) is 11.3. The van der Waals surface area contributed by atoms with Crippen LogP contribution in [0, 0.1) is 0 Å². The van der Waals surface area contributed by atoms with Gasteiger partial charge in [-0.25, -0.2) is 0 Å². The first-order valence-corrected chi connectivity index (χ1v) is 6.62. The highest BCUT2D eigenvalue weighted by atomic mass is 32.2. The van der Waals surface area contributed by atoms with Crippen LogP contribution in [0.15, 0.2) is 0 Å². The highest BCUT2D eigenvalue weighted by Crippen LogP contribution is 2.33. The maximum Gasteiger partial charge on any atom is 0.303 e. The number of carbonyl (C=O) groups excluding carboxylic acids is 2. The fourth-order valence-corrected chi connectivity index (χ4v) is 2.74. The standard InChI is InChI=1S/C11H18O5S/c1-5-17-11-10(16-8(4)13)9(6(2)14-11)15-7(3)12/h6,9-11H,5H2,1-4H3/t6-,9+,10?,11+/m1/s1. The number of thioether (sulfide) groups is 1. The molecule has 0 aromatic rings. The molecule has 1 aliphatic heterocycles. The number of hydrogen-bond acceptors (Lipinski definition) is 6. The summed E-state index contributed by atoms with van der Waals surface area (Å²) < 4.78 is 16.0. The van der Waals surface area contributed by atoms with E-state index in [1.54, 1.807) is 6.92 Å². The third kappa shape index (κ3) is 3.89. The molecule has 4 atom stereocenters. The summed E-state index contributed by atoms with van der Waals surface area (Å²) in [5, 5.41) is 0. The van der Waals surface area contributed by atoms with E-state index in [0.29, 0.717) is 0 Å². The van der Waals surface area contributed by atoms with Gasteiger partial charge in [-0.3, -0.25) is 9.59 Å². The van der Waals surface area contributed by atoms with Crippen LogP contribution in [-0.2, 0) is 23.8 Å². The second kappa shape index (κ2) is 6.26. The summed E-state index contributed by atoms with van der Waals surface area (Å²) in [4.78, 5) is 22.1. The van der Waals surface area contributed by atoms with Crippen molar-refractivity contribution in [2.24, 2.45) is 0 Å². The Morgan fingerprint density at radius 1 is 1.18 bits per heavy atom. The van der Waals surface area contributed by atoms with Crippen molar-refractivity contribution in [3.05, 3.63) is 0 Å². The Bertz CT molecular complexity index is 294. The van der Waals surface area contributed by atoms with E-state index in [1.807, 2.05) is 6.92 Å². The molecule has 1 unspecified atom stereocenters. The van der Waals surface area contributed by atoms with E-state index >= 15 is 0 Å². The molecular formula is C11H18O5S. The van der Waals surface area contributed by atoms with Gasteiger partial charge in [-0.15, -0.1) is 11.8 Å². The van der Waals surface area contributed by atoms with Gasteiger partial charge in [-0.05, 0) is 12.7 Å². The van der Waals surface area contributed by atoms with Crippen LogP contribution < -0.4 is 0 Å². The van der Waals surface area contributed by atoms with Crippen molar-refractivity contribution in [2.75, 3.05) is 5.75 Å². The fraction of sp³-hybridized carbons (Fsp3) is 0.818. The third-order valence-corrected chi connectivity index (χ3v) is 3.38. The van der Waals surface area contributed by atoms with Crippen LogP contribution in [-0.4, -0.2) is 41.4 Å². The van der Waals surface area contributed by atoms with Gasteiger partial charge in [-0.1, -0.05) is 6.92 Å². The summed E-state index contributed by atoms with van der Waals surface area (Å²) in [5.41, 5.74) is -0.275. The molecule has 0 aromatic carbocycles. The number of carbonyl (C=O) groups is 2. The largest absolute Gasteiger partial charge is 0.456 e. The van der Waals surface area contributed by atoms with Gasteiger partial charge in [0.2, 0.25) is 0 Å². The maximum atomic E-state index is 11.1. The van der Waals surface area contributed by atoms with Crippen LogP contribution in [0.2, 0.25) is 0 Å². The molecule has 0 saturated carbocycles. The SMILES string of the molecule is CCS[C@@H]1O[C@H](C)[C@H](OC(C)=O)C1OC(C)=O. The second-order valence-electron chi connectivity index (χ2n) is 3.81. The molecule has 98 valence electrons. The number of esters is 2. The number of rotatable bonds is 4. The summed E-state index contributed by atoms with van der Waals surface area (Å²) >= 11 is 1.53. The van der Waals surface area contributed by atoms with Crippen molar-refractivity contribution in [3.8, 4) is 0 Å². The number of ether oxygens (including phenoxy) is 3. The van der Waals surface area contributed by atoms with Gasteiger partial charge in [0.1, 0.15) is 5.44 Å². The van der Waals surface area contributed by atoms with E-state index < -0.39 is 24.1 Å². The minimum Gasteiger partial charge on any atom is -0.456 e. The van der Waals surface area contributed by atoms with Gasteiger partial charge >= 0.3 is 11.9 Å². The zero-order chi connectivity index (χ0) is 13.0. The van der Waals surface area contributed by atoms with E-state index in [2.05, 4.69) is 0 Å². The van der Waals surface area contributed by atoms with Crippen molar-refractivity contribution in [1.82, 2.24) is 0 Å². The Kier molecular flexibility index (Phi) is 5.27. The Hall–Kier alpha value is -0.750. The first-order chi connectivity index (χ1) is 7.95. The van der Waals surface area contributed by atoms with Crippen molar-refractivity contribution < 1.29 is 23.8 Å². The minimum absolute atomic E-state index is 0.271. The first-order valence-electron chi connectivity index (χ1n) is 5.57. The molecule has 0 radical (unpaired) electrons. The fourth-order valence-electron chi connectivity index (χ4n) is 1.76.